The fourth-order valence-electron chi connectivity index (χ4n) is 3.14. The summed E-state index contributed by atoms with van der Waals surface area (Å²) in [6.45, 7) is 10.3. The molecule has 1 aliphatic rings. The van der Waals surface area contributed by atoms with Gasteiger partial charge in [-0.1, -0.05) is 13.8 Å². The molecule has 1 N–H and O–H groups in total. The smallest absolute Gasteiger partial charge is 0.137 e. The van der Waals surface area contributed by atoms with Crippen molar-refractivity contribution in [3.8, 4) is 0 Å². The summed E-state index contributed by atoms with van der Waals surface area (Å²) in [5.41, 5.74) is 2.47. The van der Waals surface area contributed by atoms with Crippen molar-refractivity contribution < 1.29 is 4.74 Å². The standard InChI is InChI=1S/C16H27N7O/c1-13(2)15-14(10-17-4-5-23-12-18-11-19-23)16(21(3)20-15)22-6-8-24-9-7-22/h11-13,17H,4-10H2,1-3H3. The Morgan fingerprint density at radius 1 is 1.29 bits per heavy atom. The van der Waals surface area contributed by atoms with Crippen LogP contribution >= 0.6 is 0 Å². The number of aryl methyl sites for hydroxylation is 1. The minimum Gasteiger partial charge on any atom is -0.378 e. The molecule has 2 aromatic rings. The summed E-state index contributed by atoms with van der Waals surface area (Å²) in [5, 5.41) is 12.4. The van der Waals surface area contributed by atoms with E-state index >= 15 is 0 Å². The topological polar surface area (TPSA) is 73.0 Å². The molecule has 0 amide bonds. The van der Waals surface area contributed by atoms with E-state index in [0.717, 1.165) is 45.9 Å². The predicted molar refractivity (Wildman–Crippen MR) is 92.1 cm³/mol. The monoisotopic (exact) mass is 333 g/mol. The van der Waals surface area contributed by atoms with E-state index in [1.807, 2.05) is 16.4 Å². The van der Waals surface area contributed by atoms with Crippen LogP contribution in [0.5, 0.6) is 0 Å². The predicted octanol–water partition coefficient (Wildman–Crippen LogP) is 0.761. The van der Waals surface area contributed by atoms with Crippen LogP contribution in [0.3, 0.4) is 0 Å². The minimum absolute atomic E-state index is 0.401. The van der Waals surface area contributed by atoms with Crippen LogP contribution in [0.4, 0.5) is 5.82 Å². The van der Waals surface area contributed by atoms with Gasteiger partial charge in [0.1, 0.15) is 18.5 Å². The van der Waals surface area contributed by atoms with Gasteiger partial charge in [0.2, 0.25) is 0 Å². The third-order valence-corrected chi connectivity index (χ3v) is 4.29. The molecule has 0 spiro atoms. The molecule has 0 saturated carbocycles. The summed E-state index contributed by atoms with van der Waals surface area (Å²) in [4.78, 5) is 6.35. The van der Waals surface area contributed by atoms with Crippen molar-refractivity contribution in [2.75, 3.05) is 37.7 Å². The second-order valence-corrected chi connectivity index (χ2v) is 6.40. The lowest BCUT2D eigenvalue weighted by Gasteiger charge is -2.29. The van der Waals surface area contributed by atoms with Gasteiger partial charge in [0, 0.05) is 38.8 Å². The fourth-order valence-corrected chi connectivity index (χ4v) is 3.14. The van der Waals surface area contributed by atoms with Crippen LogP contribution < -0.4 is 10.2 Å². The maximum absolute atomic E-state index is 5.49. The largest absolute Gasteiger partial charge is 0.378 e. The maximum Gasteiger partial charge on any atom is 0.137 e. The zero-order chi connectivity index (χ0) is 16.9. The lowest BCUT2D eigenvalue weighted by Crippen LogP contribution is -2.38. The van der Waals surface area contributed by atoms with Crippen molar-refractivity contribution in [1.29, 1.82) is 0 Å². The number of anilines is 1. The van der Waals surface area contributed by atoms with Crippen LogP contribution in [0.2, 0.25) is 0 Å². The maximum atomic E-state index is 5.49. The number of morpholine rings is 1. The molecule has 3 heterocycles. The van der Waals surface area contributed by atoms with Gasteiger partial charge in [0.15, 0.2) is 0 Å². The van der Waals surface area contributed by atoms with E-state index in [9.17, 15) is 0 Å². The number of nitrogens with zero attached hydrogens (tertiary/aromatic N) is 6. The zero-order valence-corrected chi connectivity index (χ0v) is 14.8. The van der Waals surface area contributed by atoms with E-state index in [0.29, 0.717) is 5.92 Å². The van der Waals surface area contributed by atoms with Crippen LogP contribution in [0, 0.1) is 0 Å². The van der Waals surface area contributed by atoms with Crippen molar-refractivity contribution in [3.63, 3.8) is 0 Å². The Morgan fingerprint density at radius 2 is 2.08 bits per heavy atom. The average Bonchev–Trinajstić information content (AvgIpc) is 3.20. The van der Waals surface area contributed by atoms with Crippen LogP contribution in [-0.2, 0) is 24.9 Å². The first-order valence-electron chi connectivity index (χ1n) is 8.58. The van der Waals surface area contributed by atoms with Gasteiger partial charge in [0.05, 0.1) is 25.5 Å². The highest BCUT2D eigenvalue weighted by Crippen LogP contribution is 2.28. The molecule has 2 aromatic heterocycles. The summed E-state index contributed by atoms with van der Waals surface area (Å²) in [5.74, 6) is 1.62. The third-order valence-electron chi connectivity index (χ3n) is 4.29. The number of hydrogen-bond acceptors (Lipinski definition) is 6. The molecular weight excluding hydrogens is 306 g/mol. The zero-order valence-electron chi connectivity index (χ0n) is 14.8. The van der Waals surface area contributed by atoms with Gasteiger partial charge in [-0.05, 0) is 5.92 Å². The van der Waals surface area contributed by atoms with Gasteiger partial charge in [-0.3, -0.25) is 9.36 Å². The second-order valence-electron chi connectivity index (χ2n) is 6.40. The molecule has 0 radical (unpaired) electrons. The Labute approximate surface area is 142 Å². The van der Waals surface area contributed by atoms with Gasteiger partial charge in [-0.15, -0.1) is 0 Å². The van der Waals surface area contributed by atoms with Crippen LogP contribution in [0.1, 0.15) is 31.0 Å². The van der Waals surface area contributed by atoms with Crippen molar-refractivity contribution in [1.82, 2.24) is 29.9 Å². The molecule has 132 valence electrons. The molecule has 24 heavy (non-hydrogen) atoms. The average molecular weight is 333 g/mol. The first-order chi connectivity index (χ1) is 11.7. The Kier molecular flexibility index (Phi) is 5.47. The van der Waals surface area contributed by atoms with E-state index in [4.69, 9.17) is 9.84 Å². The first-order valence-corrected chi connectivity index (χ1v) is 8.58. The van der Waals surface area contributed by atoms with Gasteiger partial charge < -0.3 is 15.0 Å². The molecular formula is C16H27N7O. The Hall–Kier alpha value is -1.93. The Morgan fingerprint density at radius 3 is 2.75 bits per heavy atom. The van der Waals surface area contributed by atoms with Crippen LogP contribution in [-0.4, -0.2) is 57.4 Å². The lowest BCUT2D eigenvalue weighted by atomic mass is 10.0. The Balaban J connectivity index is 1.71. The van der Waals surface area contributed by atoms with Crippen molar-refractivity contribution in [2.45, 2.75) is 32.9 Å². The van der Waals surface area contributed by atoms with Crippen LogP contribution in [0.25, 0.3) is 0 Å². The molecule has 1 aliphatic heterocycles. The number of ether oxygens (including phenoxy) is 1. The minimum atomic E-state index is 0.401. The second kappa shape index (κ2) is 7.76. The van der Waals surface area contributed by atoms with Gasteiger partial charge in [-0.25, -0.2) is 4.98 Å². The van der Waals surface area contributed by atoms with Gasteiger partial charge in [-0.2, -0.15) is 10.2 Å². The van der Waals surface area contributed by atoms with Crippen molar-refractivity contribution >= 4 is 5.82 Å². The molecule has 1 saturated heterocycles. The summed E-state index contributed by atoms with van der Waals surface area (Å²) < 4.78 is 9.35. The third kappa shape index (κ3) is 3.76. The van der Waals surface area contributed by atoms with E-state index in [2.05, 4.69) is 34.1 Å². The van der Waals surface area contributed by atoms with Crippen molar-refractivity contribution in [3.05, 3.63) is 23.9 Å². The number of hydrogen-bond donors (Lipinski definition) is 1. The van der Waals surface area contributed by atoms with Gasteiger partial charge in [0.25, 0.3) is 0 Å². The fraction of sp³-hybridized carbons (Fsp3) is 0.688. The highest BCUT2D eigenvalue weighted by Gasteiger charge is 2.23. The first kappa shape index (κ1) is 16.9. The molecule has 8 nitrogen and oxygen atoms in total. The molecule has 0 unspecified atom stereocenters. The molecule has 0 aliphatic carbocycles. The highest BCUT2D eigenvalue weighted by molar-refractivity contribution is 5.51. The number of nitrogens with one attached hydrogen (secondary N) is 1. The number of rotatable bonds is 7. The molecule has 0 bridgehead atoms. The van der Waals surface area contributed by atoms with Crippen LogP contribution in [0.15, 0.2) is 12.7 Å². The summed E-state index contributed by atoms with van der Waals surface area (Å²) in [7, 11) is 2.04. The quantitative estimate of drug-likeness (QED) is 0.754. The summed E-state index contributed by atoms with van der Waals surface area (Å²) in [6, 6.07) is 0. The SMILES string of the molecule is CC(C)c1nn(C)c(N2CCOCC2)c1CNCCn1cncn1. The number of aromatic nitrogens is 5. The summed E-state index contributed by atoms with van der Waals surface area (Å²) >= 11 is 0. The van der Waals surface area contributed by atoms with Gasteiger partial charge >= 0.3 is 0 Å². The molecule has 1 fully saturated rings. The normalized spacial score (nSPS) is 15.4. The Bertz CT molecular complexity index is 629. The highest BCUT2D eigenvalue weighted by atomic mass is 16.5. The van der Waals surface area contributed by atoms with E-state index < -0.39 is 0 Å². The van der Waals surface area contributed by atoms with Crippen molar-refractivity contribution in [2.24, 2.45) is 7.05 Å². The molecule has 8 heteroatoms. The van der Waals surface area contributed by atoms with E-state index in [1.54, 1.807) is 12.7 Å². The molecule has 3 rings (SSSR count). The molecule has 0 atom stereocenters. The molecule has 0 aromatic carbocycles. The van der Waals surface area contributed by atoms with E-state index in [-0.39, 0.29) is 0 Å². The lowest BCUT2D eigenvalue weighted by molar-refractivity contribution is 0.122. The summed E-state index contributed by atoms with van der Waals surface area (Å²) in [6.07, 6.45) is 3.30. The van der Waals surface area contributed by atoms with E-state index in [1.165, 1.54) is 17.1 Å².